The summed E-state index contributed by atoms with van der Waals surface area (Å²) in [6, 6.07) is 7.23. The quantitative estimate of drug-likeness (QED) is 0.0624. The molecule has 0 amide bonds. The highest BCUT2D eigenvalue weighted by atomic mass is 16.6. The van der Waals surface area contributed by atoms with Gasteiger partial charge in [-0.05, 0) is 68.9 Å². The van der Waals surface area contributed by atoms with Gasteiger partial charge in [-0.2, -0.15) is 0 Å². The second-order valence-electron chi connectivity index (χ2n) is 17.7. The van der Waals surface area contributed by atoms with Crippen molar-refractivity contribution in [3.63, 3.8) is 0 Å². The predicted molar refractivity (Wildman–Crippen MR) is 252 cm³/mol. The van der Waals surface area contributed by atoms with E-state index in [9.17, 15) is 24.3 Å². The number of hydrogen-bond acceptors (Lipinski definition) is 16. The van der Waals surface area contributed by atoms with Gasteiger partial charge in [0.2, 0.25) is 29.4 Å². The Labute approximate surface area is 403 Å². The van der Waals surface area contributed by atoms with Crippen LogP contribution in [0.1, 0.15) is 105 Å². The normalized spacial score (nSPS) is 22.7. The Morgan fingerprint density at radius 3 is 2.10 bits per heavy atom. The molecule has 16 nitrogen and oxygen atoms in total. The lowest BCUT2D eigenvalue weighted by molar-refractivity contribution is -0.141. The molecule has 0 radical (unpaired) electrons. The number of allylic oxidation sites excluding steroid dienone is 3. The highest BCUT2D eigenvalue weighted by Gasteiger charge is 2.46. The minimum absolute atomic E-state index is 0.00614. The number of aliphatic hydroxyl groups is 3. The topological polar surface area (TPSA) is 212 Å². The standard InChI is InChI=1S/C23H22O6.C19H30O5.C11H14O5/c1-11(2)16-8-14-15(28-16)6-5-12-22(24)21-13-7-18(25-3)19(26-4)9-17(13)27-10-20(21)29-23(12)14;1-14-15(12-10-8-6-4-5-7-9-11-13-20)17(22)19(24-3)18(23-2)16(14)21;1-15-10(13)8-5-16-11(14)9-6(4-12)2-3-7(8)9/h5-7,9,16,20-21H,1,8,10H2,2-4H3;20H,4-13H2,1-3H3;2,5,7,9,11-12,14H,3-4H2,1H3/t16-,20-,21+;;7-,9-,11-/m1.1/s1. The van der Waals surface area contributed by atoms with Crippen molar-refractivity contribution in [2.45, 2.75) is 109 Å². The van der Waals surface area contributed by atoms with E-state index in [1.54, 1.807) is 33.3 Å². The predicted octanol–water partition coefficient (Wildman–Crippen LogP) is 7.11. The molecular formula is C53H66O16. The first-order valence-electron chi connectivity index (χ1n) is 23.5. The highest BCUT2D eigenvalue weighted by Crippen LogP contribution is 2.50. The molecule has 6 aliphatic rings. The zero-order valence-electron chi connectivity index (χ0n) is 40.7. The molecule has 374 valence electrons. The van der Waals surface area contributed by atoms with Crippen molar-refractivity contribution in [1.82, 2.24) is 0 Å². The number of benzene rings is 2. The number of hydrogen-bond donors (Lipinski definition) is 3. The summed E-state index contributed by atoms with van der Waals surface area (Å²) >= 11 is 0. The molecule has 16 heteroatoms. The van der Waals surface area contributed by atoms with Crippen LogP contribution in [0.4, 0.5) is 0 Å². The lowest BCUT2D eigenvalue weighted by atomic mass is 9.81. The number of rotatable bonds is 17. The van der Waals surface area contributed by atoms with E-state index in [0.717, 1.165) is 54.6 Å². The van der Waals surface area contributed by atoms with Crippen LogP contribution in [0.2, 0.25) is 0 Å². The summed E-state index contributed by atoms with van der Waals surface area (Å²) in [7, 11) is 7.20. The summed E-state index contributed by atoms with van der Waals surface area (Å²) in [5, 5.41) is 27.5. The molecule has 0 saturated heterocycles. The fourth-order valence-electron chi connectivity index (χ4n) is 9.63. The molecule has 69 heavy (non-hydrogen) atoms. The van der Waals surface area contributed by atoms with Crippen LogP contribution >= 0.6 is 0 Å². The van der Waals surface area contributed by atoms with E-state index in [-0.39, 0.29) is 66.6 Å². The van der Waals surface area contributed by atoms with Crippen LogP contribution in [-0.2, 0) is 39.8 Å². The van der Waals surface area contributed by atoms with E-state index in [2.05, 4.69) is 11.3 Å². The lowest BCUT2D eigenvalue weighted by Crippen LogP contribution is -2.43. The summed E-state index contributed by atoms with van der Waals surface area (Å²) in [6.45, 7) is 8.06. The minimum Gasteiger partial charge on any atom is -0.493 e. The van der Waals surface area contributed by atoms with Crippen LogP contribution < -0.4 is 23.7 Å². The average molecular weight is 959 g/mol. The van der Waals surface area contributed by atoms with Gasteiger partial charge in [0.25, 0.3) is 0 Å². The van der Waals surface area contributed by atoms with Crippen molar-refractivity contribution < 1.29 is 77.1 Å². The monoisotopic (exact) mass is 958 g/mol. The highest BCUT2D eigenvalue weighted by molar-refractivity contribution is 6.23. The number of fused-ring (bicyclic) bond motifs is 7. The number of unbranched alkanes of at least 4 members (excludes halogenated alkanes) is 7. The Morgan fingerprint density at radius 2 is 1.48 bits per heavy atom. The Balaban J connectivity index is 0.000000178. The van der Waals surface area contributed by atoms with Gasteiger partial charge in [0.05, 0.1) is 71.4 Å². The second-order valence-corrected chi connectivity index (χ2v) is 17.7. The van der Waals surface area contributed by atoms with Gasteiger partial charge in [0.15, 0.2) is 17.3 Å². The van der Waals surface area contributed by atoms with E-state index in [1.165, 1.54) is 46.9 Å². The SMILES string of the molecule is C=C(C)[C@H]1Cc2c(ccc3c2O[C@@H]2COc4cc(OC)c(OC)cc4[C@@H]2C3=O)O1.COC(=O)C1=CO[C@@H](O)[C@@H]2C(CO)=CC[C@H]12.COC1=C(OC)C(=O)C(CCCCCCCCCCO)=C(C)C1=O. The van der Waals surface area contributed by atoms with Crippen molar-refractivity contribution in [2.75, 3.05) is 55.4 Å². The Kier molecular flexibility index (Phi) is 18.1. The summed E-state index contributed by atoms with van der Waals surface area (Å²) in [5.74, 6) is 1.28. The number of esters is 1. The van der Waals surface area contributed by atoms with E-state index in [1.807, 2.05) is 25.1 Å². The Hall–Kier alpha value is -6.10. The molecule has 2 aromatic rings. The van der Waals surface area contributed by atoms with Crippen LogP contribution in [0.15, 0.2) is 82.6 Å². The smallest absolute Gasteiger partial charge is 0.337 e. The van der Waals surface area contributed by atoms with Gasteiger partial charge in [0, 0.05) is 47.3 Å². The zero-order valence-corrected chi connectivity index (χ0v) is 40.7. The van der Waals surface area contributed by atoms with Gasteiger partial charge in [-0.3, -0.25) is 14.4 Å². The molecule has 0 saturated carbocycles. The van der Waals surface area contributed by atoms with E-state index < -0.39 is 24.3 Å². The largest absolute Gasteiger partial charge is 0.493 e. The molecule has 0 bridgehead atoms. The lowest BCUT2D eigenvalue weighted by Gasteiger charge is -2.37. The van der Waals surface area contributed by atoms with Crippen LogP contribution in [0.25, 0.3) is 0 Å². The third-order valence-electron chi connectivity index (χ3n) is 13.4. The third kappa shape index (κ3) is 11.2. The first kappa shape index (κ1) is 52.3. The van der Waals surface area contributed by atoms with Gasteiger partial charge < -0.3 is 58.0 Å². The molecule has 2 aromatic carbocycles. The first-order valence-corrected chi connectivity index (χ1v) is 23.5. The number of aliphatic hydroxyl groups excluding tert-OH is 3. The van der Waals surface area contributed by atoms with Crippen molar-refractivity contribution in [3.8, 4) is 28.7 Å². The fourth-order valence-corrected chi connectivity index (χ4v) is 9.63. The maximum absolute atomic E-state index is 13.5. The van der Waals surface area contributed by atoms with Crippen LogP contribution in [0.5, 0.6) is 28.7 Å². The number of carbonyl (C=O) groups is 4. The van der Waals surface area contributed by atoms with E-state index in [0.29, 0.717) is 70.1 Å². The van der Waals surface area contributed by atoms with Gasteiger partial charge >= 0.3 is 5.97 Å². The maximum atomic E-state index is 13.5. The molecule has 4 heterocycles. The van der Waals surface area contributed by atoms with Crippen LogP contribution in [0.3, 0.4) is 0 Å². The molecule has 0 spiro atoms. The summed E-state index contributed by atoms with van der Waals surface area (Å²) in [4.78, 5) is 49.7. The van der Waals surface area contributed by atoms with Gasteiger partial charge in [-0.25, -0.2) is 4.79 Å². The fraction of sp³-hybridized carbons (Fsp3) is 0.509. The molecule has 0 unspecified atom stereocenters. The second kappa shape index (κ2) is 24.0. The van der Waals surface area contributed by atoms with E-state index >= 15 is 0 Å². The molecule has 4 aliphatic heterocycles. The molecule has 6 atom stereocenters. The van der Waals surface area contributed by atoms with Crippen molar-refractivity contribution in [2.24, 2.45) is 11.8 Å². The number of methoxy groups -OCH3 is 5. The van der Waals surface area contributed by atoms with Gasteiger partial charge in [-0.15, -0.1) is 0 Å². The Bertz CT molecular complexity index is 2390. The molecule has 3 N–H and O–H groups in total. The molecule has 8 rings (SSSR count). The van der Waals surface area contributed by atoms with Crippen molar-refractivity contribution in [3.05, 3.63) is 99.3 Å². The van der Waals surface area contributed by atoms with Gasteiger partial charge in [0.1, 0.15) is 36.1 Å². The number of Topliss-reactive ketones (excluding diaryl/α,β-unsaturated/α-hetero) is 3. The maximum Gasteiger partial charge on any atom is 0.337 e. The molecule has 0 fully saturated rings. The number of ketones is 3. The minimum atomic E-state index is -1.00. The van der Waals surface area contributed by atoms with E-state index in [4.69, 9.17) is 48.1 Å². The summed E-state index contributed by atoms with van der Waals surface area (Å²) in [6.07, 6.45) is 12.0. The van der Waals surface area contributed by atoms with Crippen molar-refractivity contribution >= 4 is 23.3 Å². The molecule has 0 aromatic heterocycles. The molecular weight excluding hydrogens is 893 g/mol. The van der Waals surface area contributed by atoms with Crippen LogP contribution in [-0.4, -0.2) is 113 Å². The number of ether oxygens (including phenoxy) is 9. The first-order chi connectivity index (χ1) is 33.3. The van der Waals surface area contributed by atoms with Gasteiger partial charge in [-0.1, -0.05) is 51.2 Å². The van der Waals surface area contributed by atoms with Crippen molar-refractivity contribution in [1.29, 1.82) is 0 Å². The van der Waals surface area contributed by atoms with Crippen LogP contribution in [0, 0.1) is 11.8 Å². The zero-order chi connectivity index (χ0) is 49.9. The summed E-state index contributed by atoms with van der Waals surface area (Å²) < 4.78 is 48.8. The Morgan fingerprint density at radius 1 is 0.826 bits per heavy atom. The molecule has 2 aliphatic carbocycles. The third-order valence-corrected chi connectivity index (χ3v) is 13.4. The summed E-state index contributed by atoms with van der Waals surface area (Å²) in [5.41, 5.74) is 5.38. The number of carbonyl (C=O) groups excluding carboxylic acids is 4. The average Bonchev–Trinajstić information content (AvgIpc) is 4.01.